The van der Waals surface area contributed by atoms with Crippen LogP contribution in [0.1, 0.15) is 36.8 Å². The number of carboxylic acid groups (broad SMARTS) is 1. The fraction of sp³-hybridized carbons (Fsp3) is 0.444. The molecule has 1 heterocycles. The number of fused-ring (bicyclic) bond motifs is 3. The van der Waals surface area contributed by atoms with Crippen LogP contribution in [0.15, 0.2) is 48.5 Å². The summed E-state index contributed by atoms with van der Waals surface area (Å²) in [5, 5.41) is 12.3. The quantitative estimate of drug-likeness (QED) is 0.599. The van der Waals surface area contributed by atoms with Crippen molar-refractivity contribution < 1.29 is 29.0 Å². The van der Waals surface area contributed by atoms with Gasteiger partial charge in [0, 0.05) is 32.7 Å². The van der Waals surface area contributed by atoms with Gasteiger partial charge in [0.1, 0.15) is 6.61 Å². The SMILES string of the molecule is COCC1(C(=O)O)CCN(C(=O)C(C)CNC(=O)OCC2c3ccccc3-c3ccccc32)CC1. The number of rotatable bonds is 8. The fourth-order valence-corrected chi connectivity index (χ4v) is 5.14. The van der Waals surface area contributed by atoms with E-state index in [0.29, 0.717) is 25.9 Å². The molecular weight excluding hydrogens is 448 g/mol. The zero-order valence-electron chi connectivity index (χ0n) is 20.2. The first kappa shape index (κ1) is 24.7. The highest BCUT2D eigenvalue weighted by Crippen LogP contribution is 2.44. The third-order valence-corrected chi connectivity index (χ3v) is 7.22. The van der Waals surface area contributed by atoms with Crippen LogP contribution in [0, 0.1) is 11.3 Å². The lowest BCUT2D eigenvalue weighted by Gasteiger charge is -2.39. The molecule has 8 heteroatoms. The summed E-state index contributed by atoms with van der Waals surface area (Å²) >= 11 is 0. The van der Waals surface area contributed by atoms with Crippen LogP contribution in [0.3, 0.4) is 0 Å². The number of hydrogen-bond acceptors (Lipinski definition) is 5. The highest BCUT2D eigenvalue weighted by Gasteiger charge is 2.43. The minimum absolute atomic E-state index is 0.0258. The third-order valence-electron chi connectivity index (χ3n) is 7.22. The first-order chi connectivity index (χ1) is 16.9. The average Bonchev–Trinajstić information content (AvgIpc) is 3.19. The molecule has 1 fully saturated rings. The van der Waals surface area contributed by atoms with Crippen LogP contribution in [0.25, 0.3) is 11.1 Å². The highest BCUT2D eigenvalue weighted by molar-refractivity contribution is 5.81. The Morgan fingerprint density at radius 2 is 1.63 bits per heavy atom. The van der Waals surface area contributed by atoms with Gasteiger partial charge in [0.05, 0.1) is 17.9 Å². The van der Waals surface area contributed by atoms with Gasteiger partial charge < -0.3 is 24.8 Å². The van der Waals surface area contributed by atoms with E-state index in [1.807, 2.05) is 24.3 Å². The number of methoxy groups -OCH3 is 1. The van der Waals surface area contributed by atoms with Crippen molar-refractivity contribution in [3.63, 3.8) is 0 Å². The molecule has 8 nitrogen and oxygen atoms in total. The van der Waals surface area contributed by atoms with Crippen LogP contribution < -0.4 is 5.32 Å². The van der Waals surface area contributed by atoms with E-state index < -0.39 is 23.4 Å². The molecule has 2 amide bonds. The molecule has 1 aliphatic heterocycles. The van der Waals surface area contributed by atoms with Gasteiger partial charge in [0.25, 0.3) is 0 Å². The van der Waals surface area contributed by atoms with Crippen molar-refractivity contribution in [3.05, 3.63) is 59.7 Å². The Morgan fingerprint density at radius 3 is 2.17 bits per heavy atom. The molecule has 1 unspecified atom stereocenters. The van der Waals surface area contributed by atoms with E-state index in [9.17, 15) is 19.5 Å². The lowest BCUT2D eigenvalue weighted by atomic mass is 9.79. The molecule has 0 radical (unpaired) electrons. The number of alkyl carbamates (subject to hydrolysis) is 1. The van der Waals surface area contributed by atoms with Crippen LogP contribution in [-0.4, -0.2) is 67.9 Å². The number of nitrogens with one attached hydrogen (secondary N) is 1. The maximum atomic E-state index is 12.8. The van der Waals surface area contributed by atoms with Gasteiger partial charge in [-0.2, -0.15) is 0 Å². The predicted molar refractivity (Wildman–Crippen MR) is 130 cm³/mol. The minimum Gasteiger partial charge on any atom is -0.481 e. The van der Waals surface area contributed by atoms with Gasteiger partial charge in [-0.3, -0.25) is 9.59 Å². The molecule has 1 aliphatic carbocycles. The van der Waals surface area contributed by atoms with Crippen molar-refractivity contribution in [3.8, 4) is 11.1 Å². The highest BCUT2D eigenvalue weighted by atomic mass is 16.5. The number of carbonyl (C=O) groups excluding carboxylic acids is 2. The van der Waals surface area contributed by atoms with Crippen LogP contribution in [0.2, 0.25) is 0 Å². The Bertz CT molecular complexity index is 1050. The lowest BCUT2D eigenvalue weighted by Crippen LogP contribution is -2.50. The zero-order valence-corrected chi connectivity index (χ0v) is 20.2. The van der Waals surface area contributed by atoms with E-state index in [2.05, 4.69) is 29.6 Å². The van der Waals surface area contributed by atoms with Gasteiger partial charge in [-0.15, -0.1) is 0 Å². The molecule has 2 aromatic rings. The number of hydrogen-bond donors (Lipinski definition) is 2. The Kier molecular flexibility index (Phi) is 7.40. The average molecular weight is 481 g/mol. The van der Waals surface area contributed by atoms with Crippen LogP contribution in [0.5, 0.6) is 0 Å². The summed E-state index contributed by atoms with van der Waals surface area (Å²) in [7, 11) is 1.49. The Balaban J connectivity index is 1.27. The molecule has 1 saturated heterocycles. The van der Waals surface area contributed by atoms with Crippen LogP contribution in [-0.2, 0) is 19.1 Å². The number of aliphatic carboxylic acids is 1. The number of ether oxygens (including phenoxy) is 2. The molecule has 4 rings (SSSR count). The smallest absolute Gasteiger partial charge is 0.407 e. The Hall–Kier alpha value is -3.39. The number of carboxylic acids is 1. The number of amides is 2. The number of carbonyl (C=O) groups is 3. The fourth-order valence-electron chi connectivity index (χ4n) is 5.14. The minimum atomic E-state index is -0.950. The molecule has 35 heavy (non-hydrogen) atoms. The van der Waals surface area contributed by atoms with Gasteiger partial charge >= 0.3 is 12.1 Å². The first-order valence-corrected chi connectivity index (χ1v) is 12.0. The topological polar surface area (TPSA) is 105 Å². The zero-order chi connectivity index (χ0) is 25.0. The molecule has 0 aromatic heterocycles. The first-order valence-electron chi connectivity index (χ1n) is 12.0. The number of piperidine rings is 1. The van der Waals surface area contributed by atoms with E-state index in [4.69, 9.17) is 9.47 Å². The summed E-state index contributed by atoms with van der Waals surface area (Å²) in [5.41, 5.74) is 3.65. The molecule has 0 bridgehead atoms. The molecule has 2 aliphatic rings. The van der Waals surface area contributed by atoms with E-state index in [1.54, 1.807) is 11.8 Å². The van der Waals surface area contributed by atoms with Crippen molar-refractivity contribution in [1.82, 2.24) is 10.2 Å². The van der Waals surface area contributed by atoms with Crippen molar-refractivity contribution in [2.75, 3.05) is 40.0 Å². The molecule has 186 valence electrons. The van der Waals surface area contributed by atoms with Crippen molar-refractivity contribution in [1.29, 1.82) is 0 Å². The van der Waals surface area contributed by atoms with Crippen molar-refractivity contribution >= 4 is 18.0 Å². The number of benzene rings is 2. The Morgan fingerprint density at radius 1 is 1.06 bits per heavy atom. The van der Waals surface area contributed by atoms with Gasteiger partial charge in [0.2, 0.25) is 5.91 Å². The second kappa shape index (κ2) is 10.5. The van der Waals surface area contributed by atoms with Gasteiger partial charge in [-0.1, -0.05) is 55.5 Å². The van der Waals surface area contributed by atoms with Gasteiger partial charge in [0.15, 0.2) is 0 Å². The monoisotopic (exact) mass is 480 g/mol. The number of nitrogens with zero attached hydrogens (tertiary/aromatic N) is 1. The summed E-state index contributed by atoms with van der Waals surface area (Å²) < 4.78 is 10.6. The summed E-state index contributed by atoms with van der Waals surface area (Å²) in [6.07, 6.45) is 0.123. The van der Waals surface area contributed by atoms with E-state index in [-0.39, 0.29) is 31.6 Å². The Labute approximate surface area is 205 Å². The third kappa shape index (κ3) is 5.03. The van der Waals surface area contributed by atoms with E-state index >= 15 is 0 Å². The summed E-state index contributed by atoms with van der Waals surface area (Å²) in [6, 6.07) is 16.3. The predicted octanol–water partition coefficient (Wildman–Crippen LogP) is 3.50. The second-order valence-electron chi connectivity index (χ2n) is 9.45. The van der Waals surface area contributed by atoms with E-state index in [0.717, 1.165) is 22.3 Å². The van der Waals surface area contributed by atoms with Crippen molar-refractivity contribution in [2.45, 2.75) is 25.7 Å². The standard InChI is InChI=1S/C27H32N2O6/c1-18(24(30)29-13-11-27(12-14-29,17-34-2)25(31)32)15-28-26(33)35-16-23-21-9-5-3-7-19(21)20-8-4-6-10-22(20)23/h3-10,18,23H,11-17H2,1-2H3,(H,28,33)(H,31,32). The molecular formula is C27H32N2O6. The van der Waals surface area contributed by atoms with Crippen LogP contribution >= 0.6 is 0 Å². The summed E-state index contributed by atoms with van der Waals surface area (Å²) in [6.45, 7) is 2.94. The molecule has 0 spiro atoms. The van der Waals surface area contributed by atoms with Gasteiger partial charge in [-0.05, 0) is 35.1 Å². The molecule has 0 saturated carbocycles. The normalized spacial score (nSPS) is 17.3. The lowest BCUT2D eigenvalue weighted by molar-refractivity contribution is -0.159. The van der Waals surface area contributed by atoms with Crippen LogP contribution in [0.4, 0.5) is 4.79 Å². The second-order valence-corrected chi connectivity index (χ2v) is 9.45. The number of likely N-dealkylation sites (tertiary alicyclic amines) is 1. The van der Waals surface area contributed by atoms with E-state index in [1.165, 1.54) is 7.11 Å². The van der Waals surface area contributed by atoms with Gasteiger partial charge in [-0.25, -0.2) is 4.79 Å². The van der Waals surface area contributed by atoms with Crippen molar-refractivity contribution in [2.24, 2.45) is 11.3 Å². The molecule has 2 aromatic carbocycles. The molecule has 1 atom stereocenters. The largest absolute Gasteiger partial charge is 0.481 e. The summed E-state index contributed by atoms with van der Waals surface area (Å²) in [5.74, 6) is -1.48. The maximum absolute atomic E-state index is 12.8. The summed E-state index contributed by atoms with van der Waals surface area (Å²) in [4.78, 5) is 38.6. The molecule has 2 N–H and O–H groups in total. The maximum Gasteiger partial charge on any atom is 0.407 e.